The third-order valence-electron chi connectivity index (χ3n) is 2.09. The largest absolute Gasteiger partial charge is 0.478 e. The number of hydrogen-bond acceptors (Lipinski definition) is 2. The van der Waals surface area contributed by atoms with Crippen LogP contribution in [0.15, 0.2) is 30.5 Å². The van der Waals surface area contributed by atoms with Crippen LogP contribution in [0.25, 0.3) is 11.1 Å². The van der Waals surface area contributed by atoms with Crippen molar-refractivity contribution in [3.63, 3.8) is 0 Å². The number of aromatic nitrogens is 2. The van der Waals surface area contributed by atoms with Gasteiger partial charge in [-0.1, -0.05) is 24.4 Å². The molecule has 1 aromatic carbocycles. The molecule has 0 aliphatic carbocycles. The van der Waals surface area contributed by atoms with Crippen molar-refractivity contribution in [2.24, 2.45) is 0 Å². The summed E-state index contributed by atoms with van der Waals surface area (Å²) < 4.78 is 0.609. The van der Waals surface area contributed by atoms with Gasteiger partial charge in [0.15, 0.2) is 0 Å². The minimum absolute atomic E-state index is 0.268. The third kappa shape index (κ3) is 1.82. The van der Waals surface area contributed by atoms with Crippen LogP contribution in [0.3, 0.4) is 0 Å². The molecule has 0 atom stereocenters. The Morgan fingerprint density at radius 3 is 2.40 bits per heavy atom. The predicted molar refractivity (Wildman–Crippen MR) is 58.4 cm³/mol. The zero-order valence-corrected chi connectivity index (χ0v) is 8.47. The molecule has 1 aromatic heterocycles. The van der Waals surface area contributed by atoms with Gasteiger partial charge in [0.2, 0.25) is 0 Å². The monoisotopic (exact) mass is 220 g/mol. The maximum absolute atomic E-state index is 10.6. The standard InChI is InChI=1S/C10H8N2O2S/c13-10(14)7-3-1-6(2-4-7)8-5-11-12-9(8)15/h1-5H,(H,13,14)(H2,11,12,15). The van der Waals surface area contributed by atoms with Gasteiger partial charge in [-0.15, -0.1) is 0 Å². The van der Waals surface area contributed by atoms with Crippen molar-refractivity contribution in [3.05, 3.63) is 40.7 Å². The van der Waals surface area contributed by atoms with Crippen LogP contribution >= 0.6 is 12.2 Å². The number of carboxylic acids is 1. The number of benzene rings is 1. The summed E-state index contributed by atoms with van der Waals surface area (Å²) >= 11 is 5.05. The third-order valence-corrected chi connectivity index (χ3v) is 2.41. The number of aromatic carboxylic acids is 1. The summed E-state index contributed by atoms with van der Waals surface area (Å²) in [5.41, 5.74) is 2.02. The first kappa shape index (κ1) is 9.67. The average molecular weight is 220 g/mol. The molecule has 0 bridgehead atoms. The van der Waals surface area contributed by atoms with Crippen LogP contribution in [0.1, 0.15) is 10.4 Å². The lowest BCUT2D eigenvalue weighted by Gasteiger charge is -1.97. The zero-order chi connectivity index (χ0) is 10.8. The molecule has 0 unspecified atom stereocenters. The van der Waals surface area contributed by atoms with E-state index in [2.05, 4.69) is 10.2 Å². The molecule has 1 heterocycles. The highest BCUT2D eigenvalue weighted by Crippen LogP contribution is 2.19. The molecule has 0 aliphatic rings. The minimum atomic E-state index is -0.930. The molecule has 0 fully saturated rings. The van der Waals surface area contributed by atoms with E-state index in [4.69, 9.17) is 17.3 Å². The SMILES string of the molecule is O=C(O)c1ccc(-c2c[nH][nH]c2=S)cc1. The second kappa shape index (κ2) is 3.70. The van der Waals surface area contributed by atoms with E-state index in [0.29, 0.717) is 4.64 Å². The number of rotatable bonds is 2. The van der Waals surface area contributed by atoms with E-state index in [1.807, 2.05) is 0 Å². The van der Waals surface area contributed by atoms with Crippen LogP contribution in [-0.2, 0) is 0 Å². The summed E-state index contributed by atoms with van der Waals surface area (Å²) in [4.78, 5) is 10.6. The van der Waals surface area contributed by atoms with Crippen molar-refractivity contribution >= 4 is 18.2 Å². The van der Waals surface area contributed by atoms with E-state index >= 15 is 0 Å². The topological polar surface area (TPSA) is 68.9 Å². The van der Waals surface area contributed by atoms with E-state index in [-0.39, 0.29) is 5.56 Å². The van der Waals surface area contributed by atoms with Crippen LogP contribution in [0, 0.1) is 4.64 Å². The molecular weight excluding hydrogens is 212 g/mol. The van der Waals surface area contributed by atoms with Gasteiger partial charge in [-0.2, -0.15) is 0 Å². The smallest absolute Gasteiger partial charge is 0.335 e. The van der Waals surface area contributed by atoms with Gasteiger partial charge in [0.1, 0.15) is 4.64 Å². The Labute approximate surface area is 90.6 Å². The van der Waals surface area contributed by atoms with Crippen molar-refractivity contribution in [1.29, 1.82) is 0 Å². The minimum Gasteiger partial charge on any atom is -0.478 e. The van der Waals surface area contributed by atoms with E-state index in [9.17, 15) is 4.79 Å². The Morgan fingerprint density at radius 2 is 1.93 bits per heavy atom. The lowest BCUT2D eigenvalue weighted by molar-refractivity contribution is 0.0697. The van der Waals surface area contributed by atoms with E-state index in [1.165, 1.54) is 0 Å². The van der Waals surface area contributed by atoms with Gasteiger partial charge in [0.05, 0.1) is 5.56 Å². The Kier molecular flexibility index (Phi) is 2.39. The Bertz CT molecular complexity index is 539. The molecule has 0 saturated heterocycles. The van der Waals surface area contributed by atoms with Crippen LogP contribution < -0.4 is 0 Å². The number of carboxylic acid groups (broad SMARTS) is 1. The number of hydrogen-bond donors (Lipinski definition) is 3. The predicted octanol–water partition coefficient (Wildman–Crippen LogP) is 2.44. The van der Waals surface area contributed by atoms with Crippen LogP contribution in [-0.4, -0.2) is 21.3 Å². The highest BCUT2D eigenvalue weighted by molar-refractivity contribution is 7.71. The van der Waals surface area contributed by atoms with E-state index < -0.39 is 5.97 Å². The maximum Gasteiger partial charge on any atom is 0.335 e. The molecule has 0 spiro atoms. The zero-order valence-electron chi connectivity index (χ0n) is 7.65. The molecule has 2 aromatic rings. The Balaban J connectivity index is 2.44. The number of carbonyl (C=O) groups is 1. The van der Waals surface area contributed by atoms with Gasteiger partial charge in [-0.25, -0.2) is 4.79 Å². The molecule has 0 aliphatic heterocycles. The summed E-state index contributed by atoms with van der Waals surface area (Å²) in [7, 11) is 0. The molecular formula is C10H8N2O2S. The first-order valence-corrected chi connectivity index (χ1v) is 4.69. The molecule has 0 radical (unpaired) electrons. The summed E-state index contributed by atoms with van der Waals surface area (Å²) in [6, 6.07) is 6.57. The Hall–Kier alpha value is -1.88. The van der Waals surface area contributed by atoms with Crippen molar-refractivity contribution in [1.82, 2.24) is 10.2 Å². The number of aromatic amines is 2. The molecule has 0 amide bonds. The Morgan fingerprint density at radius 1 is 1.27 bits per heavy atom. The van der Waals surface area contributed by atoms with E-state index in [0.717, 1.165) is 11.1 Å². The quantitative estimate of drug-likeness (QED) is 0.681. The molecule has 76 valence electrons. The molecule has 2 rings (SSSR count). The summed E-state index contributed by atoms with van der Waals surface area (Å²) in [6.07, 6.45) is 1.75. The summed E-state index contributed by atoms with van der Waals surface area (Å²) in [5, 5.41) is 14.3. The first-order valence-electron chi connectivity index (χ1n) is 4.28. The van der Waals surface area contributed by atoms with Gasteiger partial charge in [0.25, 0.3) is 0 Å². The maximum atomic E-state index is 10.6. The lowest BCUT2D eigenvalue weighted by atomic mass is 10.1. The van der Waals surface area contributed by atoms with Gasteiger partial charge < -0.3 is 10.2 Å². The fourth-order valence-corrected chi connectivity index (χ4v) is 1.55. The summed E-state index contributed by atoms with van der Waals surface area (Å²) in [6.45, 7) is 0. The van der Waals surface area contributed by atoms with Crippen molar-refractivity contribution in [3.8, 4) is 11.1 Å². The van der Waals surface area contributed by atoms with Crippen LogP contribution in [0.2, 0.25) is 0 Å². The fourth-order valence-electron chi connectivity index (χ4n) is 1.31. The lowest BCUT2D eigenvalue weighted by Crippen LogP contribution is -1.94. The second-order valence-electron chi connectivity index (χ2n) is 3.04. The molecule has 4 nitrogen and oxygen atoms in total. The fraction of sp³-hybridized carbons (Fsp3) is 0. The second-order valence-corrected chi connectivity index (χ2v) is 3.45. The molecule has 5 heteroatoms. The normalized spacial score (nSPS) is 10.1. The van der Waals surface area contributed by atoms with Gasteiger partial charge in [-0.3, -0.25) is 5.10 Å². The van der Waals surface area contributed by atoms with Crippen molar-refractivity contribution < 1.29 is 9.90 Å². The van der Waals surface area contributed by atoms with Crippen LogP contribution in [0.4, 0.5) is 0 Å². The molecule has 0 saturated carbocycles. The van der Waals surface area contributed by atoms with Crippen molar-refractivity contribution in [2.75, 3.05) is 0 Å². The molecule has 3 N–H and O–H groups in total. The van der Waals surface area contributed by atoms with Gasteiger partial charge >= 0.3 is 5.97 Å². The first-order chi connectivity index (χ1) is 7.18. The highest BCUT2D eigenvalue weighted by atomic mass is 32.1. The number of nitrogens with one attached hydrogen (secondary N) is 2. The number of H-pyrrole nitrogens is 2. The van der Waals surface area contributed by atoms with Crippen LogP contribution in [0.5, 0.6) is 0 Å². The summed E-state index contributed by atoms with van der Waals surface area (Å²) in [5.74, 6) is -0.930. The molecule has 15 heavy (non-hydrogen) atoms. The highest BCUT2D eigenvalue weighted by Gasteiger charge is 2.04. The average Bonchev–Trinajstić information content (AvgIpc) is 2.65. The van der Waals surface area contributed by atoms with Gasteiger partial charge in [-0.05, 0) is 17.7 Å². The van der Waals surface area contributed by atoms with Crippen molar-refractivity contribution in [2.45, 2.75) is 0 Å². The van der Waals surface area contributed by atoms with E-state index in [1.54, 1.807) is 30.5 Å². The van der Waals surface area contributed by atoms with Gasteiger partial charge in [0, 0.05) is 11.8 Å².